The number of benzene rings is 1. The maximum Gasteiger partial charge on any atom is 0.327 e. The number of nitro groups is 2. The summed E-state index contributed by atoms with van der Waals surface area (Å²) in [6.45, 7) is 6.28. The Balaban J connectivity index is 0.00000122. The molecule has 3 N–H and O–H groups in total. The highest BCUT2D eigenvalue weighted by atomic mass is 32.1. The first-order valence-electron chi connectivity index (χ1n) is 11.3. The van der Waals surface area contributed by atoms with Crippen molar-refractivity contribution < 1.29 is 43.5 Å². The second-order valence-electron chi connectivity index (χ2n) is 6.95. The molecule has 0 radical (unpaired) electrons. The van der Waals surface area contributed by atoms with E-state index >= 15 is 0 Å². The van der Waals surface area contributed by atoms with Crippen LogP contribution in [-0.2, 0) is 28.5 Å². The monoisotopic (exact) mass is 550 g/mol. The molecule has 1 rings (SSSR count). The third-order valence-corrected chi connectivity index (χ3v) is 4.53. The van der Waals surface area contributed by atoms with Gasteiger partial charge >= 0.3 is 5.97 Å². The van der Waals surface area contributed by atoms with Gasteiger partial charge in [-0.15, -0.1) is 0 Å². The van der Waals surface area contributed by atoms with Crippen LogP contribution in [0.5, 0.6) is 0 Å². The number of rotatable bonds is 21. The molecule has 37 heavy (non-hydrogen) atoms. The van der Waals surface area contributed by atoms with Gasteiger partial charge in [-0.25, -0.2) is 4.79 Å². The maximum absolute atomic E-state index is 11.0. The number of carboxylic acids is 1. The number of ether oxygens (including phenoxy) is 4. The van der Waals surface area contributed by atoms with Crippen LogP contribution in [0.2, 0.25) is 0 Å². The molecule has 0 aliphatic carbocycles. The molecule has 0 saturated heterocycles. The molecular weight excluding hydrogens is 516 g/mol. The fraction of sp³-hybridized carbons (Fsp3) is 0.619. The quantitative estimate of drug-likeness (QED) is 0.0566. The van der Waals surface area contributed by atoms with Gasteiger partial charge in [0.15, 0.2) is 0 Å². The minimum atomic E-state index is -1.07. The molecule has 0 spiro atoms. The maximum atomic E-state index is 11.0. The molecule has 15 nitrogen and oxygen atoms in total. The molecule has 0 saturated carbocycles. The van der Waals surface area contributed by atoms with Crippen LogP contribution in [0.15, 0.2) is 18.2 Å². The number of aliphatic carboxylic acids is 1. The third-order valence-electron chi connectivity index (χ3n) is 4.17. The topological polar surface area (TPSA) is 202 Å². The lowest BCUT2D eigenvalue weighted by Gasteiger charge is -2.09. The van der Waals surface area contributed by atoms with Crippen molar-refractivity contribution in [2.45, 2.75) is 19.4 Å². The van der Waals surface area contributed by atoms with E-state index in [-0.39, 0.29) is 22.8 Å². The summed E-state index contributed by atoms with van der Waals surface area (Å²) in [6.07, 6.45) is 1.33. The summed E-state index contributed by atoms with van der Waals surface area (Å²) in [5, 5.41) is 34.9. The molecule has 1 unspecified atom stereocenters. The van der Waals surface area contributed by atoms with E-state index in [0.29, 0.717) is 59.2 Å². The molecule has 1 aromatic carbocycles. The second-order valence-corrected chi connectivity index (χ2v) is 7.32. The molecule has 16 heteroatoms. The molecule has 0 fully saturated rings. The normalized spacial score (nSPS) is 11.1. The zero-order chi connectivity index (χ0) is 27.9. The summed E-state index contributed by atoms with van der Waals surface area (Å²) in [4.78, 5) is 40.1. The number of anilines is 1. The van der Waals surface area contributed by atoms with Gasteiger partial charge in [0.1, 0.15) is 11.7 Å². The summed E-state index contributed by atoms with van der Waals surface area (Å²) in [7, 11) is 0. The summed E-state index contributed by atoms with van der Waals surface area (Å²) in [6, 6.07) is 2.58. The number of thiol groups is 1. The number of amides is 1. The van der Waals surface area contributed by atoms with E-state index in [9.17, 15) is 29.8 Å². The van der Waals surface area contributed by atoms with E-state index in [0.717, 1.165) is 19.1 Å². The van der Waals surface area contributed by atoms with Crippen LogP contribution in [0.4, 0.5) is 17.1 Å². The summed E-state index contributed by atoms with van der Waals surface area (Å²) < 4.78 is 21.3. The first kappa shape index (κ1) is 34.0. The Morgan fingerprint density at radius 3 is 1.95 bits per heavy atom. The van der Waals surface area contributed by atoms with Crippen molar-refractivity contribution in [3.05, 3.63) is 38.4 Å². The summed E-state index contributed by atoms with van der Waals surface area (Å²) >= 11 is 3.69. The zero-order valence-electron chi connectivity index (χ0n) is 20.5. The lowest BCUT2D eigenvalue weighted by atomic mass is 10.2. The standard InChI is InChI=1S/C17H27N3O8.C4H7NO3S/c1-2-6-25-8-10-27-12-13-28-11-9-26-7-5-18-16-4-3-15(19(21)22)14-17(16)20(23)24;6-2-5-3(1-9)4(7)8/h3-4,14,18H,2,5-13H2,1H3;2-3,9H,1H2,(H,5,6)(H,7,8). The molecule has 1 aromatic rings. The van der Waals surface area contributed by atoms with Crippen LogP contribution in [-0.4, -0.2) is 98.5 Å². The smallest absolute Gasteiger partial charge is 0.327 e. The van der Waals surface area contributed by atoms with Gasteiger partial charge in [-0.1, -0.05) is 6.92 Å². The van der Waals surface area contributed by atoms with Crippen molar-refractivity contribution in [1.82, 2.24) is 5.32 Å². The van der Waals surface area contributed by atoms with Gasteiger partial charge in [-0.3, -0.25) is 25.0 Å². The Hall–Kier alpha value is -3.05. The second kappa shape index (κ2) is 22.2. The number of carboxylic acid groups (broad SMARTS) is 1. The number of nitrogens with zero attached hydrogens (tertiary/aromatic N) is 2. The third kappa shape index (κ3) is 17.1. The molecule has 0 heterocycles. The number of nitro benzene ring substituents is 2. The van der Waals surface area contributed by atoms with Gasteiger partial charge in [0.05, 0.1) is 62.2 Å². The minimum absolute atomic E-state index is 0.105. The predicted molar refractivity (Wildman–Crippen MR) is 136 cm³/mol. The number of non-ortho nitro benzene ring substituents is 1. The zero-order valence-corrected chi connectivity index (χ0v) is 21.4. The predicted octanol–water partition coefficient (Wildman–Crippen LogP) is 1.51. The fourth-order valence-electron chi connectivity index (χ4n) is 2.38. The summed E-state index contributed by atoms with van der Waals surface area (Å²) in [5.74, 6) is -0.967. The van der Waals surface area contributed by atoms with Crippen LogP contribution < -0.4 is 10.6 Å². The van der Waals surface area contributed by atoms with Gasteiger partial charge in [-0.05, 0) is 12.5 Å². The highest BCUT2D eigenvalue weighted by molar-refractivity contribution is 7.80. The van der Waals surface area contributed by atoms with Crippen LogP contribution in [0, 0.1) is 20.2 Å². The minimum Gasteiger partial charge on any atom is -0.480 e. The Bertz CT molecular complexity index is 817. The summed E-state index contributed by atoms with van der Waals surface area (Å²) in [5.41, 5.74) is -0.476. The molecule has 1 atom stereocenters. The van der Waals surface area contributed by atoms with Crippen molar-refractivity contribution in [1.29, 1.82) is 0 Å². The molecule has 0 aliphatic rings. The Kier molecular flexibility index (Phi) is 20.3. The van der Waals surface area contributed by atoms with E-state index in [2.05, 4.69) is 23.3 Å². The van der Waals surface area contributed by atoms with Gasteiger partial charge in [0.2, 0.25) is 6.41 Å². The average molecular weight is 551 g/mol. The first-order valence-corrected chi connectivity index (χ1v) is 11.9. The lowest BCUT2D eigenvalue weighted by molar-refractivity contribution is -0.393. The van der Waals surface area contributed by atoms with E-state index in [1.807, 2.05) is 6.92 Å². The lowest BCUT2D eigenvalue weighted by Crippen LogP contribution is -2.37. The van der Waals surface area contributed by atoms with Crippen LogP contribution in [0.1, 0.15) is 13.3 Å². The Labute approximate surface area is 219 Å². The van der Waals surface area contributed by atoms with Gasteiger partial charge in [0.25, 0.3) is 11.4 Å². The van der Waals surface area contributed by atoms with E-state index in [1.165, 1.54) is 12.1 Å². The van der Waals surface area contributed by atoms with Crippen molar-refractivity contribution in [3.63, 3.8) is 0 Å². The van der Waals surface area contributed by atoms with Crippen molar-refractivity contribution >= 4 is 42.1 Å². The number of carbonyl (C=O) groups excluding carboxylic acids is 1. The molecule has 1 amide bonds. The van der Waals surface area contributed by atoms with Crippen molar-refractivity contribution in [2.24, 2.45) is 0 Å². The van der Waals surface area contributed by atoms with E-state index in [1.54, 1.807) is 0 Å². The molecule has 0 bridgehead atoms. The molecule has 0 aromatic heterocycles. The number of hydrogen-bond donors (Lipinski definition) is 4. The molecule has 0 aliphatic heterocycles. The van der Waals surface area contributed by atoms with Crippen molar-refractivity contribution in [3.8, 4) is 0 Å². The highest BCUT2D eigenvalue weighted by Crippen LogP contribution is 2.28. The SMILES string of the molecule is CCCOCCOCCOCCOCCNc1ccc([N+](=O)[O-])cc1[N+](=O)[O-].O=CNC(CS)C(=O)O. The first-order chi connectivity index (χ1) is 17.8. The van der Waals surface area contributed by atoms with E-state index < -0.39 is 21.9 Å². The Morgan fingerprint density at radius 2 is 1.54 bits per heavy atom. The average Bonchev–Trinajstić information content (AvgIpc) is 2.87. The fourth-order valence-corrected chi connectivity index (χ4v) is 2.64. The van der Waals surface area contributed by atoms with Crippen molar-refractivity contribution in [2.75, 3.05) is 70.5 Å². The van der Waals surface area contributed by atoms with Crippen LogP contribution >= 0.6 is 12.6 Å². The molecule has 210 valence electrons. The number of carbonyl (C=O) groups is 2. The van der Waals surface area contributed by atoms with Gasteiger partial charge < -0.3 is 34.7 Å². The Morgan fingerprint density at radius 1 is 1.00 bits per heavy atom. The van der Waals surface area contributed by atoms with Gasteiger partial charge in [0, 0.05) is 25.0 Å². The number of nitrogens with one attached hydrogen (secondary N) is 2. The van der Waals surface area contributed by atoms with Crippen LogP contribution in [0.25, 0.3) is 0 Å². The number of hydrogen-bond acceptors (Lipinski definition) is 12. The molecular formula is C21H34N4O11S. The largest absolute Gasteiger partial charge is 0.480 e. The van der Waals surface area contributed by atoms with Crippen LogP contribution in [0.3, 0.4) is 0 Å². The van der Waals surface area contributed by atoms with Gasteiger partial charge in [-0.2, -0.15) is 12.6 Å². The highest BCUT2D eigenvalue weighted by Gasteiger charge is 2.19. The van der Waals surface area contributed by atoms with E-state index in [4.69, 9.17) is 24.1 Å².